The van der Waals surface area contributed by atoms with Gasteiger partial charge in [0.2, 0.25) is 0 Å². The molecule has 1 N–H and O–H groups in total. The van der Waals surface area contributed by atoms with Crippen LogP contribution in [0.25, 0.3) is 0 Å². The summed E-state index contributed by atoms with van der Waals surface area (Å²) in [5.74, 6) is 0.616. The van der Waals surface area contributed by atoms with E-state index >= 15 is 0 Å². The Morgan fingerprint density at radius 2 is 2.00 bits per heavy atom. The topological polar surface area (TPSA) is 15.3 Å². The molecular formula is C18H27FN2. The van der Waals surface area contributed by atoms with E-state index in [-0.39, 0.29) is 5.82 Å². The molecule has 1 atom stereocenters. The molecule has 2 aliphatic rings. The van der Waals surface area contributed by atoms with Gasteiger partial charge in [-0.3, -0.25) is 0 Å². The summed E-state index contributed by atoms with van der Waals surface area (Å²) in [7, 11) is 0. The van der Waals surface area contributed by atoms with Gasteiger partial charge in [-0.15, -0.1) is 0 Å². The Hall–Kier alpha value is -1.09. The van der Waals surface area contributed by atoms with Gasteiger partial charge in [0.25, 0.3) is 0 Å². The third-order valence-corrected chi connectivity index (χ3v) is 4.99. The highest BCUT2D eigenvalue weighted by Crippen LogP contribution is 2.37. The Bertz CT molecular complexity index is 502. The predicted molar refractivity (Wildman–Crippen MR) is 86.0 cm³/mol. The molecule has 1 aliphatic heterocycles. The van der Waals surface area contributed by atoms with Crippen LogP contribution in [0.5, 0.6) is 0 Å². The Balaban J connectivity index is 1.76. The van der Waals surface area contributed by atoms with Crippen LogP contribution in [0, 0.1) is 17.2 Å². The van der Waals surface area contributed by atoms with Crippen LogP contribution in [0.2, 0.25) is 0 Å². The van der Waals surface area contributed by atoms with Gasteiger partial charge in [-0.05, 0) is 42.7 Å². The van der Waals surface area contributed by atoms with E-state index in [0.717, 1.165) is 24.3 Å². The molecule has 1 saturated carbocycles. The second kappa shape index (κ2) is 5.60. The fraction of sp³-hybridized carbons (Fsp3) is 0.667. The van der Waals surface area contributed by atoms with Gasteiger partial charge < -0.3 is 10.2 Å². The van der Waals surface area contributed by atoms with E-state index in [2.05, 4.69) is 37.1 Å². The van der Waals surface area contributed by atoms with Gasteiger partial charge in [-0.1, -0.05) is 26.8 Å². The number of rotatable bonds is 4. The quantitative estimate of drug-likeness (QED) is 0.903. The Labute approximate surface area is 127 Å². The van der Waals surface area contributed by atoms with Crippen molar-refractivity contribution < 1.29 is 4.39 Å². The highest BCUT2D eigenvalue weighted by atomic mass is 19.1. The molecule has 3 rings (SSSR count). The summed E-state index contributed by atoms with van der Waals surface area (Å²) >= 11 is 0. The molecule has 2 fully saturated rings. The molecule has 1 saturated heterocycles. The first-order valence-corrected chi connectivity index (χ1v) is 8.21. The van der Waals surface area contributed by atoms with Crippen LogP contribution < -0.4 is 10.2 Å². The van der Waals surface area contributed by atoms with Crippen molar-refractivity contribution in [2.45, 2.75) is 52.6 Å². The number of anilines is 1. The molecular weight excluding hydrogens is 263 g/mol. The number of nitrogens with one attached hydrogen (secondary N) is 1. The van der Waals surface area contributed by atoms with E-state index in [0.29, 0.717) is 23.9 Å². The third-order valence-electron chi connectivity index (χ3n) is 4.99. The first-order valence-electron chi connectivity index (χ1n) is 8.21. The summed E-state index contributed by atoms with van der Waals surface area (Å²) in [5.41, 5.74) is 2.27. The van der Waals surface area contributed by atoms with Crippen molar-refractivity contribution in [1.29, 1.82) is 0 Å². The molecule has 2 nitrogen and oxygen atoms in total. The third kappa shape index (κ3) is 3.39. The molecule has 1 heterocycles. The minimum Gasteiger partial charge on any atom is -0.371 e. The SMILES string of the molecule is CC(C)(C)C1CCN(c2cccc(F)c2CNC2CC2)C1. The lowest BCUT2D eigenvalue weighted by Crippen LogP contribution is -2.27. The maximum absolute atomic E-state index is 14.2. The lowest BCUT2D eigenvalue weighted by Gasteiger charge is -2.28. The standard InChI is InChI=1S/C18H27FN2/c1-18(2,3)13-9-10-21(12-13)17-6-4-5-16(19)15(17)11-20-14-7-8-14/h4-6,13-14,20H,7-12H2,1-3H3. The van der Waals surface area contributed by atoms with E-state index in [1.807, 2.05) is 6.07 Å². The van der Waals surface area contributed by atoms with Crippen LogP contribution in [0.4, 0.5) is 10.1 Å². The van der Waals surface area contributed by atoms with Crippen molar-refractivity contribution in [2.75, 3.05) is 18.0 Å². The summed E-state index contributed by atoms with van der Waals surface area (Å²) < 4.78 is 14.2. The van der Waals surface area contributed by atoms with Gasteiger partial charge in [0, 0.05) is 36.9 Å². The lowest BCUT2D eigenvalue weighted by atomic mass is 9.80. The molecule has 116 valence electrons. The zero-order chi connectivity index (χ0) is 15.0. The van der Waals surface area contributed by atoms with Crippen LogP contribution in [-0.2, 0) is 6.54 Å². The van der Waals surface area contributed by atoms with E-state index < -0.39 is 0 Å². The molecule has 1 aliphatic carbocycles. The van der Waals surface area contributed by atoms with Crippen LogP contribution in [0.3, 0.4) is 0 Å². The number of hydrogen-bond acceptors (Lipinski definition) is 2. The van der Waals surface area contributed by atoms with Crippen LogP contribution in [-0.4, -0.2) is 19.1 Å². The Morgan fingerprint density at radius 3 is 2.62 bits per heavy atom. The summed E-state index contributed by atoms with van der Waals surface area (Å²) in [5, 5.41) is 3.45. The van der Waals surface area contributed by atoms with Crippen LogP contribution >= 0.6 is 0 Å². The van der Waals surface area contributed by atoms with E-state index in [4.69, 9.17) is 0 Å². The molecule has 3 heteroatoms. The number of benzene rings is 1. The zero-order valence-corrected chi connectivity index (χ0v) is 13.5. The van der Waals surface area contributed by atoms with E-state index in [1.165, 1.54) is 19.3 Å². The second-order valence-corrected chi connectivity index (χ2v) is 7.69. The van der Waals surface area contributed by atoms with Gasteiger partial charge >= 0.3 is 0 Å². The molecule has 0 radical (unpaired) electrons. The fourth-order valence-corrected chi connectivity index (χ4v) is 3.24. The average molecular weight is 290 g/mol. The second-order valence-electron chi connectivity index (χ2n) is 7.69. The summed E-state index contributed by atoms with van der Waals surface area (Å²) in [6.07, 6.45) is 3.68. The molecule has 0 aromatic heterocycles. The molecule has 21 heavy (non-hydrogen) atoms. The Morgan fingerprint density at radius 1 is 1.24 bits per heavy atom. The molecule has 1 unspecified atom stereocenters. The van der Waals surface area contributed by atoms with Crippen molar-refractivity contribution in [3.05, 3.63) is 29.6 Å². The van der Waals surface area contributed by atoms with Crippen molar-refractivity contribution in [3.8, 4) is 0 Å². The number of hydrogen-bond donors (Lipinski definition) is 1. The van der Waals surface area contributed by atoms with Crippen molar-refractivity contribution in [3.63, 3.8) is 0 Å². The first-order chi connectivity index (χ1) is 9.95. The minimum atomic E-state index is -0.0696. The average Bonchev–Trinajstić information content (AvgIpc) is 3.10. The van der Waals surface area contributed by atoms with E-state index in [1.54, 1.807) is 6.07 Å². The molecule has 0 amide bonds. The minimum absolute atomic E-state index is 0.0696. The van der Waals surface area contributed by atoms with Crippen molar-refractivity contribution in [1.82, 2.24) is 5.32 Å². The normalized spacial score (nSPS) is 22.9. The molecule has 1 aromatic rings. The fourth-order valence-electron chi connectivity index (χ4n) is 3.24. The highest BCUT2D eigenvalue weighted by Gasteiger charge is 2.33. The zero-order valence-electron chi connectivity index (χ0n) is 13.5. The van der Waals surface area contributed by atoms with Crippen molar-refractivity contribution in [2.24, 2.45) is 11.3 Å². The Kier molecular flexibility index (Phi) is 3.96. The highest BCUT2D eigenvalue weighted by molar-refractivity contribution is 5.55. The number of halogens is 1. The maximum atomic E-state index is 14.2. The largest absolute Gasteiger partial charge is 0.371 e. The maximum Gasteiger partial charge on any atom is 0.129 e. The van der Waals surface area contributed by atoms with Gasteiger partial charge in [-0.2, -0.15) is 0 Å². The van der Waals surface area contributed by atoms with Crippen LogP contribution in [0.15, 0.2) is 18.2 Å². The lowest BCUT2D eigenvalue weighted by molar-refractivity contribution is 0.263. The predicted octanol–water partition coefficient (Wildman–Crippen LogP) is 3.95. The van der Waals surface area contributed by atoms with Gasteiger partial charge in [0.1, 0.15) is 5.82 Å². The first kappa shape index (κ1) is 14.8. The van der Waals surface area contributed by atoms with Gasteiger partial charge in [-0.25, -0.2) is 4.39 Å². The summed E-state index contributed by atoms with van der Waals surface area (Å²) in [4.78, 5) is 2.38. The monoisotopic (exact) mass is 290 g/mol. The van der Waals surface area contributed by atoms with Crippen LogP contribution in [0.1, 0.15) is 45.6 Å². The summed E-state index contributed by atoms with van der Waals surface area (Å²) in [6.45, 7) is 9.67. The number of nitrogens with zero attached hydrogens (tertiary/aromatic N) is 1. The van der Waals surface area contributed by atoms with Gasteiger partial charge in [0.05, 0.1) is 0 Å². The summed E-state index contributed by atoms with van der Waals surface area (Å²) in [6, 6.07) is 6.12. The van der Waals surface area contributed by atoms with Gasteiger partial charge in [0.15, 0.2) is 0 Å². The molecule has 0 spiro atoms. The molecule has 0 bridgehead atoms. The molecule has 1 aromatic carbocycles. The smallest absolute Gasteiger partial charge is 0.129 e. The van der Waals surface area contributed by atoms with Crippen molar-refractivity contribution >= 4 is 5.69 Å². The van der Waals surface area contributed by atoms with E-state index in [9.17, 15) is 4.39 Å².